The van der Waals surface area contributed by atoms with Crippen molar-refractivity contribution in [3.8, 4) is 0 Å². The van der Waals surface area contributed by atoms with Gasteiger partial charge < -0.3 is 15.2 Å². The number of H-pyrrole nitrogens is 1. The quantitative estimate of drug-likeness (QED) is 0.748. The fourth-order valence-corrected chi connectivity index (χ4v) is 2.03. The summed E-state index contributed by atoms with van der Waals surface area (Å²) < 4.78 is 0. The van der Waals surface area contributed by atoms with Crippen molar-refractivity contribution in [3.05, 3.63) is 46.4 Å². The predicted molar refractivity (Wildman–Crippen MR) is 69.3 cm³/mol. The molecule has 2 rings (SSSR count). The number of aromatic nitrogens is 1. The molecule has 0 aliphatic rings. The molecule has 0 fully saturated rings. The number of pyridine rings is 1. The first kappa shape index (κ1) is 12.3. The number of alkyl halides is 1. The lowest BCUT2D eigenvalue weighted by molar-refractivity contribution is 0.0343. The molecule has 2 atom stereocenters. The number of aromatic amines is 1. The van der Waals surface area contributed by atoms with Crippen molar-refractivity contribution in [2.45, 2.75) is 12.2 Å². The highest BCUT2D eigenvalue weighted by molar-refractivity contribution is 9.09. The van der Waals surface area contributed by atoms with Gasteiger partial charge in [0, 0.05) is 17.6 Å². The van der Waals surface area contributed by atoms with Crippen LogP contribution in [0, 0.1) is 0 Å². The number of fused-ring (bicyclic) bond motifs is 1. The molecule has 3 N–H and O–H groups in total. The maximum atomic E-state index is 11.2. The molecule has 90 valence electrons. The smallest absolute Gasteiger partial charge is 0.248 e. The van der Waals surface area contributed by atoms with E-state index in [1.54, 1.807) is 24.4 Å². The Balaban J connectivity index is 2.46. The van der Waals surface area contributed by atoms with Crippen molar-refractivity contribution in [2.75, 3.05) is 5.33 Å². The summed E-state index contributed by atoms with van der Waals surface area (Å²) in [5, 5.41) is 21.3. The summed E-state index contributed by atoms with van der Waals surface area (Å²) in [5.74, 6) is 0. The fraction of sp³-hybridized carbons (Fsp3) is 0.250. The molecule has 0 aliphatic carbocycles. The third-order valence-corrected chi connectivity index (χ3v) is 3.29. The van der Waals surface area contributed by atoms with Crippen LogP contribution in [-0.2, 0) is 0 Å². The molecular formula is C12H12BrNO3. The Morgan fingerprint density at radius 2 is 2.00 bits per heavy atom. The normalized spacial score (nSPS) is 14.8. The molecule has 5 heteroatoms. The average molecular weight is 298 g/mol. The molecule has 1 aromatic heterocycles. The van der Waals surface area contributed by atoms with Gasteiger partial charge in [-0.3, -0.25) is 4.79 Å². The zero-order valence-corrected chi connectivity index (χ0v) is 10.5. The van der Waals surface area contributed by atoms with E-state index < -0.39 is 12.2 Å². The molecule has 4 nitrogen and oxygen atoms in total. The Bertz CT molecular complexity index is 581. The Labute approximate surface area is 106 Å². The monoisotopic (exact) mass is 297 g/mol. The standard InChI is InChI=1S/C12H12BrNO3/c13-5-10(15)12(17)7-1-2-8-6-14-11(16)4-9(8)3-7/h1-4,6,10,12,15,17H,5H2,(H,14,16). The molecule has 1 aromatic carbocycles. The van der Waals surface area contributed by atoms with Gasteiger partial charge in [-0.25, -0.2) is 0 Å². The summed E-state index contributed by atoms with van der Waals surface area (Å²) in [6.07, 6.45) is -0.207. The van der Waals surface area contributed by atoms with Gasteiger partial charge in [-0.15, -0.1) is 0 Å². The zero-order chi connectivity index (χ0) is 12.4. The topological polar surface area (TPSA) is 73.3 Å². The first-order valence-electron chi connectivity index (χ1n) is 5.16. The Hall–Kier alpha value is -1.17. The van der Waals surface area contributed by atoms with Crippen LogP contribution in [0.3, 0.4) is 0 Å². The highest BCUT2D eigenvalue weighted by Gasteiger charge is 2.17. The number of hydrogen-bond acceptors (Lipinski definition) is 3. The van der Waals surface area contributed by atoms with Crippen molar-refractivity contribution in [1.29, 1.82) is 0 Å². The number of halogens is 1. The third kappa shape index (κ3) is 2.57. The first-order chi connectivity index (χ1) is 8.11. The lowest BCUT2D eigenvalue weighted by Gasteiger charge is -2.16. The molecule has 0 spiro atoms. The van der Waals surface area contributed by atoms with Crippen LogP contribution in [0.5, 0.6) is 0 Å². The van der Waals surface area contributed by atoms with E-state index in [-0.39, 0.29) is 5.56 Å². The lowest BCUT2D eigenvalue weighted by atomic mass is 10.0. The lowest BCUT2D eigenvalue weighted by Crippen LogP contribution is -2.19. The summed E-state index contributed by atoms with van der Waals surface area (Å²) in [4.78, 5) is 13.8. The maximum Gasteiger partial charge on any atom is 0.248 e. The summed E-state index contributed by atoms with van der Waals surface area (Å²) in [7, 11) is 0. The number of benzene rings is 1. The van der Waals surface area contributed by atoms with E-state index in [0.29, 0.717) is 10.9 Å². The first-order valence-corrected chi connectivity index (χ1v) is 6.28. The van der Waals surface area contributed by atoms with Crippen molar-refractivity contribution in [3.63, 3.8) is 0 Å². The van der Waals surface area contributed by atoms with E-state index in [1.165, 1.54) is 6.07 Å². The van der Waals surface area contributed by atoms with Gasteiger partial charge in [0.2, 0.25) is 5.56 Å². The summed E-state index contributed by atoms with van der Waals surface area (Å²) in [6, 6.07) is 6.70. The largest absolute Gasteiger partial charge is 0.389 e. The van der Waals surface area contributed by atoms with E-state index >= 15 is 0 Å². The molecule has 0 amide bonds. The van der Waals surface area contributed by atoms with Crippen molar-refractivity contribution in [1.82, 2.24) is 4.98 Å². The minimum absolute atomic E-state index is 0.190. The second-order valence-electron chi connectivity index (χ2n) is 3.85. The van der Waals surface area contributed by atoms with Crippen LogP contribution < -0.4 is 5.56 Å². The van der Waals surface area contributed by atoms with Gasteiger partial charge in [-0.05, 0) is 22.4 Å². The van der Waals surface area contributed by atoms with Gasteiger partial charge in [-0.1, -0.05) is 28.1 Å². The van der Waals surface area contributed by atoms with Crippen LogP contribution in [0.25, 0.3) is 10.8 Å². The summed E-state index contributed by atoms with van der Waals surface area (Å²) >= 11 is 3.11. The molecule has 0 bridgehead atoms. The van der Waals surface area contributed by atoms with Crippen molar-refractivity contribution < 1.29 is 10.2 Å². The molecule has 0 saturated heterocycles. The van der Waals surface area contributed by atoms with Crippen LogP contribution >= 0.6 is 15.9 Å². The molecule has 0 radical (unpaired) electrons. The van der Waals surface area contributed by atoms with E-state index in [4.69, 9.17) is 0 Å². The van der Waals surface area contributed by atoms with Crippen LogP contribution in [0.2, 0.25) is 0 Å². The fourth-order valence-electron chi connectivity index (χ4n) is 1.67. The van der Waals surface area contributed by atoms with Crippen molar-refractivity contribution in [2.24, 2.45) is 0 Å². The number of hydrogen-bond donors (Lipinski definition) is 3. The number of rotatable bonds is 3. The predicted octanol–water partition coefficient (Wildman–Crippen LogP) is 1.32. The van der Waals surface area contributed by atoms with Crippen molar-refractivity contribution >= 4 is 26.7 Å². The van der Waals surface area contributed by atoms with Crippen LogP contribution in [-0.4, -0.2) is 26.6 Å². The number of aliphatic hydroxyl groups is 2. The van der Waals surface area contributed by atoms with Crippen LogP contribution in [0.1, 0.15) is 11.7 Å². The zero-order valence-electron chi connectivity index (χ0n) is 8.93. The minimum atomic E-state index is -0.960. The van der Waals surface area contributed by atoms with Gasteiger partial charge in [0.25, 0.3) is 0 Å². The molecular weight excluding hydrogens is 286 g/mol. The highest BCUT2D eigenvalue weighted by atomic mass is 79.9. The second-order valence-corrected chi connectivity index (χ2v) is 4.50. The van der Waals surface area contributed by atoms with Gasteiger partial charge >= 0.3 is 0 Å². The van der Waals surface area contributed by atoms with Gasteiger partial charge in [0.1, 0.15) is 6.10 Å². The second kappa shape index (κ2) is 5.00. The molecule has 17 heavy (non-hydrogen) atoms. The van der Waals surface area contributed by atoms with Crippen LogP contribution in [0.4, 0.5) is 0 Å². The van der Waals surface area contributed by atoms with E-state index in [0.717, 1.165) is 10.8 Å². The average Bonchev–Trinajstić information content (AvgIpc) is 2.36. The van der Waals surface area contributed by atoms with E-state index in [2.05, 4.69) is 20.9 Å². The van der Waals surface area contributed by atoms with E-state index in [9.17, 15) is 15.0 Å². The molecule has 0 aliphatic heterocycles. The SMILES string of the molecule is O=c1cc2cc(C(O)C(O)CBr)ccc2c[nH]1. The number of nitrogens with one attached hydrogen (secondary N) is 1. The van der Waals surface area contributed by atoms with Gasteiger partial charge in [-0.2, -0.15) is 0 Å². The van der Waals surface area contributed by atoms with E-state index in [1.807, 2.05) is 0 Å². The number of aliphatic hydroxyl groups excluding tert-OH is 2. The Morgan fingerprint density at radius 3 is 2.71 bits per heavy atom. The molecule has 0 saturated carbocycles. The Kier molecular flexibility index (Phi) is 3.61. The van der Waals surface area contributed by atoms with Gasteiger partial charge in [0.05, 0.1) is 6.10 Å². The van der Waals surface area contributed by atoms with Gasteiger partial charge in [0.15, 0.2) is 0 Å². The molecule has 2 aromatic rings. The summed E-state index contributed by atoms with van der Waals surface area (Å²) in [5.41, 5.74) is 0.403. The maximum absolute atomic E-state index is 11.2. The highest BCUT2D eigenvalue weighted by Crippen LogP contribution is 2.22. The minimum Gasteiger partial charge on any atom is -0.389 e. The summed E-state index contributed by atoms with van der Waals surface area (Å²) in [6.45, 7) is 0. The van der Waals surface area contributed by atoms with Crippen LogP contribution in [0.15, 0.2) is 35.3 Å². The Morgan fingerprint density at radius 1 is 1.24 bits per heavy atom. The molecule has 1 heterocycles. The third-order valence-electron chi connectivity index (χ3n) is 2.63. The molecule has 2 unspecified atom stereocenters.